The third-order valence-corrected chi connectivity index (χ3v) is 5.98. The molecule has 2 saturated heterocycles. The molecule has 0 bridgehead atoms. The highest BCUT2D eigenvalue weighted by atomic mass is 16.2. The normalized spacial score (nSPS) is 27.5. The molecule has 3 heterocycles. The summed E-state index contributed by atoms with van der Waals surface area (Å²) in [4.78, 5) is 17.5. The van der Waals surface area contributed by atoms with E-state index in [0.717, 1.165) is 45.2 Å². The number of fused-ring (bicyclic) bond motifs is 1. The minimum absolute atomic E-state index is 0.124. The molecule has 2 fully saturated rings. The maximum Gasteiger partial charge on any atom is 0.318 e. The van der Waals surface area contributed by atoms with Crippen molar-refractivity contribution in [3.05, 3.63) is 17.5 Å². The molecule has 0 saturated carbocycles. The highest BCUT2D eigenvalue weighted by Crippen LogP contribution is 2.30. The van der Waals surface area contributed by atoms with E-state index >= 15 is 0 Å². The second-order valence-electron chi connectivity index (χ2n) is 7.56. The third kappa shape index (κ3) is 3.04. The van der Waals surface area contributed by atoms with Gasteiger partial charge in [0.15, 0.2) is 0 Å². The monoisotopic (exact) mass is 331 g/mol. The fourth-order valence-electron chi connectivity index (χ4n) is 4.64. The van der Waals surface area contributed by atoms with Gasteiger partial charge >= 0.3 is 6.03 Å². The van der Waals surface area contributed by atoms with Crippen molar-refractivity contribution in [1.82, 2.24) is 24.9 Å². The number of amides is 2. The SMILES string of the molecule is Cn1ncc2c1CCC[C@H]2NC(=O)N1CCC[C@@H]1CN1CCCC1. The molecule has 4 rings (SSSR count). The lowest BCUT2D eigenvalue weighted by Gasteiger charge is -2.31. The van der Waals surface area contributed by atoms with Crippen molar-refractivity contribution < 1.29 is 4.79 Å². The van der Waals surface area contributed by atoms with Crippen molar-refractivity contribution in [1.29, 1.82) is 0 Å². The number of aromatic nitrogens is 2. The van der Waals surface area contributed by atoms with Gasteiger partial charge in [-0.05, 0) is 58.0 Å². The van der Waals surface area contributed by atoms with E-state index in [1.165, 1.54) is 37.2 Å². The van der Waals surface area contributed by atoms with E-state index in [1.54, 1.807) is 0 Å². The molecule has 2 atom stereocenters. The van der Waals surface area contributed by atoms with Gasteiger partial charge in [-0.1, -0.05) is 0 Å². The molecule has 2 amide bonds. The standard InChI is InChI=1S/C18H29N5O/c1-21-17-8-4-7-16(15(17)12-19-21)20-18(24)23-11-5-6-14(23)13-22-9-2-3-10-22/h12,14,16H,2-11,13H2,1H3,(H,20,24)/t14-,16-/m1/s1. The number of likely N-dealkylation sites (tertiary alicyclic amines) is 2. The van der Waals surface area contributed by atoms with E-state index in [-0.39, 0.29) is 12.1 Å². The zero-order valence-corrected chi connectivity index (χ0v) is 14.7. The summed E-state index contributed by atoms with van der Waals surface area (Å²) < 4.78 is 1.96. The van der Waals surface area contributed by atoms with Crippen LogP contribution in [0.15, 0.2) is 6.20 Å². The largest absolute Gasteiger partial charge is 0.331 e. The zero-order valence-electron chi connectivity index (χ0n) is 14.7. The lowest BCUT2D eigenvalue weighted by molar-refractivity contribution is 0.170. The van der Waals surface area contributed by atoms with Crippen LogP contribution in [-0.2, 0) is 13.5 Å². The summed E-state index contributed by atoms with van der Waals surface area (Å²) in [6.07, 6.45) is 10.0. The molecule has 1 aliphatic carbocycles. The number of carbonyl (C=O) groups is 1. The first kappa shape index (κ1) is 15.9. The van der Waals surface area contributed by atoms with Crippen LogP contribution in [0.1, 0.15) is 55.8 Å². The molecule has 6 heteroatoms. The molecule has 3 aliphatic rings. The number of urea groups is 1. The van der Waals surface area contributed by atoms with Crippen molar-refractivity contribution in [2.24, 2.45) is 7.05 Å². The van der Waals surface area contributed by atoms with E-state index in [4.69, 9.17) is 0 Å². The lowest BCUT2D eigenvalue weighted by Crippen LogP contribution is -2.48. The van der Waals surface area contributed by atoms with Crippen molar-refractivity contribution in [2.45, 2.75) is 57.0 Å². The highest BCUT2D eigenvalue weighted by molar-refractivity contribution is 5.75. The molecule has 0 unspecified atom stereocenters. The van der Waals surface area contributed by atoms with Crippen molar-refractivity contribution in [3.8, 4) is 0 Å². The Balaban J connectivity index is 1.40. The summed E-state index contributed by atoms with van der Waals surface area (Å²) in [5.74, 6) is 0. The average Bonchev–Trinajstić information content (AvgIpc) is 3.31. The van der Waals surface area contributed by atoms with Gasteiger partial charge in [0.2, 0.25) is 0 Å². The Hall–Kier alpha value is -1.56. The summed E-state index contributed by atoms with van der Waals surface area (Å²) in [6.45, 7) is 4.36. The number of nitrogens with one attached hydrogen (secondary N) is 1. The number of hydrogen-bond donors (Lipinski definition) is 1. The Kier molecular flexibility index (Phi) is 4.48. The number of hydrogen-bond acceptors (Lipinski definition) is 3. The zero-order chi connectivity index (χ0) is 16.5. The van der Waals surface area contributed by atoms with Gasteiger partial charge in [-0.2, -0.15) is 5.10 Å². The molecule has 1 aromatic rings. The summed E-state index contributed by atoms with van der Waals surface area (Å²) in [5, 5.41) is 7.68. The van der Waals surface area contributed by atoms with Crippen LogP contribution in [-0.4, -0.2) is 57.8 Å². The molecule has 6 nitrogen and oxygen atoms in total. The molecule has 0 spiro atoms. The van der Waals surface area contributed by atoms with Gasteiger partial charge < -0.3 is 15.1 Å². The minimum atomic E-state index is 0.124. The topological polar surface area (TPSA) is 53.4 Å². The van der Waals surface area contributed by atoms with Gasteiger partial charge in [-0.15, -0.1) is 0 Å². The maximum atomic E-state index is 12.9. The number of rotatable bonds is 3. The first-order valence-electron chi connectivity index (χ1n) is 9.52. The van der Waals surface area contributed by atoms with Gasteiger partial charge in [0.25, 0.3) is 0 Å². The molecule has 1 N–H and O–H groups in total. The minimum Gasteiger partial charge on any atom is -0.331 e. The van der Waals surface area contributed by atoms with E-state index < -0.39 is 0 Å². The molecule has 0 aromatic carbocycles. The molecule has 0 radical (unpaired) electrons. The van der Waals surface area contributed by atoms with Crippen LogP contribution < -0.4 is 5.32 Å². The predicted octanol–water partition coefficient (Wildman–Crippen LogP) is 2.07. The highest BCUT2D eigenvalue weighted by Gasteiger charge is 2.33. The van der Waals surface area contributed by atoms with Gasteiger partial charge in [0, 0.05) is 37.4 Å². The fourth-order valence-corrected chi connectivity index (χ4v) is 4.64. The van der Waals surface area contributed by atoms with Gasteiger partial charge in [-0.25, -0.2) is 4.79 Å². The molecule has 2 aliphatic heterocycles. The van der Waals surface area contributed by atoms with Crippen molar-refractivity contribution >= 4 is 6.03 Å². The van der Waals surface area contributed by atoms with Crippen LogP contribution in [0.4, 0.5) is 4.79 Å². The predicted molar refractivity (Wildman–Crippen MR) is 92.8 cm³/mol. The molecular weight excluding hydrogens is 302 g/mol. The number of carbonyl (C=O) groups excluding carboxylic acids is 1. The summed E-state index contributed by atoms with van der Waals surface area (Å²) in [6, 6.07) is 0.640. The number of nitrogens with zero attached hydrogens (tertiary/aromatic N) is 4. The van der Waals surface area contributed by atoms with E-state index in [1.807, 2.05) is 17.9 Å². The van der Waals surface area contributed by atoms with Crippen molar-refractivity contribution in [2.75, 3.05) is 26.2 Å². The van der Waals surface area contributed by atoms with Crippen molar-refractivity contribution in [3.63, 3.8) is 0 Å². The van der Waals surface area contributed by atoms with Crippen LogP contribution in [0.2, 0.25) is 0 Å². The Morgan fingerprint density at radius 1 is 1.21 bits per heavy atom. The van der Waals surface area contributed by atoms with Gasteiger partial charge in [0.05, 0.1) is 12.2 Å². The summed E-state index contributed by atoms with van der Waals surface area (Å²) in [5.41, 5.74) is 2.49. The molecule has 132 valence electrons. The van der Waals surface area contributed by atoms with E-state index in [0.29, 0.717) is 6.04 Å². The fraction of sp³-hybridized carbons (Fsp3) is 0.778. The smallest absolute Gasteiger partial charge is 0.318 e. The average molecular weight is 331 g/mol. The Bertz CT molecular complexity index is 592. The quantitative estimate of drug-likeness (QED) is 0.922. The van der Waals surface area contributed by atoms with Crippen LogP contribution >= 0.6 is 0 Å². The van der Waals surface area contributed by atoms with Crippen LogP contribution in [0.25, 0.3) is 0 Å². The van der Waals surface area contributed by atoms with Gasteiger partial charge in [0.1, 0.15) is 0 Å². The summed E-state index contributed by atoms with van der Waals surface area (Å²) >= 11 is 0. The summed E-state index contributed by atoms with van der Waals surface area (Å²) in [7, 11) is 2.00. The molecular formula is C18H29N5O. The molecule has 1 aromatic heterocycles. The lowest BCUT2D eigenvalue weighted by atomic mass is 9.93. The first-order chi connectivity index (χ1) is 11.7. The third-order valence-electron chi connectivity index (χ3n) is 5.98. The molecule has 24 heavy (non-hydrogen) atoms. The van der Waals surface area contributed by atoms with Crippen LogP contribution in [0.3, 0.4) is 0 Å². The van der Waals surface area contributed by atoms with Gasteiger partial charge in [-0.3, -0.25) is 4.68 Å². The maximum absolute atomic E-state index is 12.9. The van der Waals surface area contributed by atoms with Crippen LogP contribution in [0, 0.1) is 0 Å². The first-order valence-corrected chi connectivity index (χ1v) is 9.52. The number of aryl methyl sites for hydroxylation is 1. The second kappa shape index (κ2) is 6.75. The Labute approximate surface area is 144 Å². The second-order valence-corrected chi connectivity index (χ2v) is 7.56. The Morgan fingerprint density at radius 2 is 2.04 bits per heavy atom. The van der Waals surface area contributed by atoms with E-state index in [9.17, 15) is 4.79 Å². The Morgan fingerprint density at radius 3 is 2.88 bits per heavy atom. The van der Waals surface area contributed by atoms with E-state index in [2.05, 4.69) is 20.2 Å². The van der Waals surface area contributed by atoms with Crippen LogP contribution in [0.5, 0.6) is 0 Å².